The molecule has 0 unspecified atom stereocenters. The molecule has 0 atom stereocenters. The van der Waals surface area contributed by atoms with Crippen LogP contribution in [0, 0.1) is 0 Å². The summed E-state index contributed by atoms with van der Waals surface area (Å²) >= 11 is 0. The first-order valence-corrected chi connectivity index (χ1v) is 4.57. The fourth-order valence-electron chi connectivity index (χ4n) is 0.967. The molecule has 0 amide bonds. The van der Waals surface area contributed by atoms with Crippen LogP contribution >= 0.6 is 0 Å². The minimum Gasteiger partial charge on any atom is -0.480 e. The summed E-state index contributed by atoms with van der Waals surface area (Å²) in [4.78, 5) is 10.0. The molecule has 72 valence electrons. The molecular formula is C9H18O3. The van der Waals surface area contributed by atoms with Gasteiger partial charge in [-0.15, -0.1) is 0 Å². The van der Waals surface area contributed by atoms with Crippen molar-refractivity contribution in [1.29, 1.82) is 0 Å². The van der Waals surface area contributed by atoms with Crippen LogP contribution in [0.1, 0.15) is 39.0 Å². The smallest absolute Gasteiger partial charge is 0.329 e. The quantitative estimate of drug-likeness (QED) is 0.573. The Balaban J connectivity index is 2.86. The van der Waals surface area contributed by atoms with Gasteiger partial charge in [-0.25, -0.2) is 4.79 Å². The van der Waals surface area contributed by atoms with Crippen LogP contribution in [-0.2, 0) is 9.53 Å². The van der Waals surface area contributed by atoms with Gasteiger partial charge in [0.25, 0.3) is 0 Å². The number of unbranched alkanes of at least 4 members (excludes halogenated alkanes) is 4. The summed E-state index contributed by atoms with van der Waals surface area (Å²) in [5.74, 6) is -0.886. The molecule has 0 aliphatic rings. The van der Waals surface area contributed by atoms with Gasteiger partial charge in [0, 0.05) is 6.61 Å². The van der Waals surface area contributed by atoms with Crippen molar-refractivity contribution in [3.8, 4) is 0 Å². The van der Waals surface area contributed by atoms with Gasteiger partial charge in [0.2, 0.25) is 0 Å². The van der Waals surface area contributed by atoms with Crippen molar-refractivity contribution in [1.82, 2.24) is 0 Å². The number of rotatable bonds is 8. The van der Waals surface area contributed by atoms with E-state index in [4.69, 9.17) is 9.84 Å². The average Bonchev–Trinajstić information content (AvgIpc) is 2.02. The van der Waals surface area contributed by atoms with Gasteiger partial charge < -0.3 is 9.84 Å². The second-order valence-corrected chi connectivity index (χ2v) is 2.86. The van der Waals surface area contributed by atoms with Crippen LogP contribution in [0.2, 0.25) is 0 Å². The van der Waals surface area contributed by atoms with Crippen LogP contribution in [-0.4, -0.2) is 24.3 Å². The van der Waals surface area contributed by atoms with Gasteiger partial charge in [0.05, 0.1) is 0 Å². The Morgan fingerprint density at radius 3 is 2.50 bits per heavy atom. The van der Waals surface area contributed by atoms with Crippen LogP contribution < -0.4 is 0 Å². The molecule has 0 spiro atoms. The predicted molar refractivity (Wildman–Crippen MR) is 47.2 cm³/mol. The Bertz CT molecular complexity index is 112. The summed E-state index contributed by atoms with van der Waals surface area (Å²) in [5.41, 5.74) is 0. The molecule has 0 aliphatic heterocycles. The summed E-state index contributed by atoms with van der Waals surface area (Å²) in [6.45, 7) is 2.59. The molecule has 0 radical (unpaired) electrons. The maximum Gasteiger partial charge on any atom is 0.329 e. The molecule has 1 N–H and O–H groups in total. The van der Waals surface area contributed by atoms with Crippen LogP contribution in [0.4, 0.5) is 0 Å². The Morgan fingerprint density at radius 1 is 1.25 bits per heavy atom. The van der Waals surface area contributed by atoms with E-state index >= 15 is 0 Å². The maximum absolute atomic E-state index is 10.0. The molecule has 0 saturated carbocycles. The highest BCUT2D eigenvalue weighted by molar-refractivity contribution is 5.67. The van der Waals surface area contributed by atoms with E-state index in [0.717, 1.165) is 12.8 Å². The van der Waals surface area contributed by atoms with Crippen molar-refractivity contribution in [3.63, 3.8) is 0 Å². The average molecular weight is 174 g/mol. The normalized spacial score (nSPS) is 10.1. The SMILES string of the molecule is CCCCCCCOCC(=O)O. The zero-order valence-corrected chi connectivity index (χ0v) is 7.71. The highest BCUT2D eigenvalue weighted by atomic mass is 16.5. The Hall–Kier alpha value is -0.570. The third-order valence-electron chi connectivity index (χ3n) is 1.62. The number of hydrogen-bond acceptors (Lipinski definition) is 2. The lowest BCUT2D eigenvalue weighted by molar-refractivity contribution is -0.142. The predicted octanol–water partition coefficient (Wildman–Crippen LogP) is 2.06. The van der Waals surface area contributed by atoms with Crippen molar-refractivity contribution in [2.24, 2.45) is 0 Å². The topological polar surface area (TPSA) is 46.5 Å². The van der Waals surface area contributed by atoms with Crippen LogP contribution in [0.15, 0.2) is 0 Å². The van der Waals surface area contributed by atoms with Gasteiger partial charge in [0.15, 0.2) is 0 Å². The molecule has 0 bridgehead atoms. The minimum absolute atomic E-state index is 0.159. The van der Waals surface area contributed by atoms with E-state index in [1.165, 1.54) is 19.3 Å². The molecule has 0 fully saturated rings. The zero-order chi connectivity index (χ0) is 9.23. The lowest BCUT2D eigenvalue weighted by Crippen LogP contribution is -2.07. The number of aliphatic carboxylic acids is 1. The second-order valence-electron chi connectivity index (χ2n) is 2.86. The van der Waals surface area contributed by atoms with Gasteiger partial charge in [0.1, 0.15) is 6.61 Å². The van der Waals surface area contributed by atoms with E-state index in [2.05, 4.69) is 6.92 Å². The maximum atomic E-state index is 10.0. The first-order valence-electron chi connectivity index (χ1n) is 4.57. The molecule has 0 saturated heterocycles. The number of carboxylic acid groups (broad SMARTS) is 1. The second kappa shape index (κ2) is 8.53. The highest BCUT2D eigenvalue weighted by Crippen LogP contribution is 2.01. The first kappa shape index (κ1) is 11.4. The standard InChI is InChI=1S/C9H18O3/c1-2-3-4-5-6-7-12-8-9(10)11/h2-8H2,1H3,(H,10,11). The minimum atomic E-state index is -0.886. The van der Waals surface area contributed by atoms with Crippen molar-refractivity contribution >= 4 is 5.97 Å². The third kappa shape index (κ3) is 9.43. The van der Waals surface area contributed by atoms with Gasteiger partial charge >= 0.3 is 5.97 Å². The van der Waals surface area contributed by atoms with Gasteiger partial charge in [-0.2, -0.15) is 0 Å². The van der Waals surface area contributed by atoms with Crippen molar-refractivity contribution in [2.45, 2.75) is 39.0 Å². The Kier molecular flexibility index (Phi) is 8.12. The number of hydrogen-bond donors (Lipinski definition) is 1. The molecule has 0 heterocycles. The van der Waals surface area contributed by atoms with E-state index in [1.807, 2.05) is 0 Å². The van der Waals surface area contributed by atoms with Gasteiger partial charge in [-0.3, -0.25) is 0 Å². The largest absolute Gasteiger partial charge is 0.480 e. The summed E-state index contributed by atoms with van der Waals surface area (Å²) in [6.07, 6.45) is 5.85. The van der Waals surface area contributed by atoms with Crippen molar-refractivity contribution in [3.05, 3.63) is 0 Å². The Morgan fingerprint density at radius 2 is 1.92 bits per heavy atom. The summed E-state index contributed by atoms with van der Waals surface area (Å²) in [5, 5.41) is 8.23. The summed E-state index contributed by atoms with van der Waals surface area (Å²) < 4.78 is 4.88. The molecule has 0 aliphatic carbocycles. The molecule has 3 nitrogen and oxygen atoms in total. The fourth-order valence-corrected chi connectivity index (χ4v) is 0.967. The third-order valence-corrected chi connectivity index (χ3v) is 1.62. The lowest BCUT2D eigenvalue weighted by atomic mass is 10.2. The fraction of sp³-hybridized carbons (Fsp3) is 0.889. The van der Waals surface area contributed by atoms with E-state index in [1.54, 1.807) is 0 Å². The summed E-state index contributed by atoms with van der Waals surface area (Å²) in [6, 6.07) is 0. The van der Waals surface area contributed by atoms with Crippen LogP contribution in [0.3, 0.4) is 0 Å². The van der Waals surface area contributed by atoms with E-state index in [0.29, 0.717) is 6.61 Å². The lowest BCUT2D eigenvalue weighted by Gasteiger charge is -2.00. The van der Waals surface area contributed by atoms with Gasteiger partial charge in [-0.05, 0) is 6.42 Å². The van der Waals surface area contributed by atoms with E-state index in [-0.39, 0.29) is 6.61 Å². The Labute approximate surface area is 73.7 Å². The van der Waals surface area contributed by atoms with E-state index in [9.17, 15) is 4.79 Å². The molecule has 0 aromatic rings. The van der Waals surface area contributed by atoms with Crippen molar-refractivity contribution in [2.75, 3.05) is 13.2 Å². The monoisotopic (exact) mass is 174 g/mol. The summed E-state index contributed by atoms with van der Waals surface area (Å²) in [7, 11) is 0. The molecule has 0 aromatic carbocycles. The van der Waals surface area contributed by atoms with Crippen LogP contribution in [0.25, 0.3) is 0 Å². The number of carbonyl (C=O) groups is 1. The van der Waals surface area contributed by atoms with Crippen LogP contribution in [0.5, 0.6) is 0 Å². The molecule has 12 heavy (non-hydrogen) atoms. The zero-order valence-electron chi connectivity index (χ0n) is 7.71. The van der Waals surface area contributed by atoms with Gasteiger partial charge in [-0.1, -0.05) is 32.6 Å². The number of ether oxygens (including phenoxy) is 1. The molecule has 3 heteroatoms. The number of carboxylic acids is 1. The molecule has 0 aromatic heterocycles. The van der Waals surface area contributed by atoms with Crippen molar-refractivity contribution < 1.29 is 14.6 Å². The molecule has 0 rings (SSSR count). The molecular weight excluding hydrogens is 156 g/mol. The van der Waals surface area contributed by atoms with E-state index < -0.39 is 5.97 Å². The first-order chi connectivity index (χ1) is 5.77. The highest BCUT2D eigenvalue weighted by Gasteiger charge is 1.95.